The maximum absolute atomic E-state index is 13.7. The van der Waals surface area contributed by atoms with Crippen LogP contribution < -0.4 is 4.74 Å². The Morgan fingerprint density at radius 1 is 1.00 bits per heavy atom. The fraction of sp³-hybridized carbons (Fsp3) is 0.136. The molecule has 3 rings (SSSR count). The fourth-order valence-corrected chi connectivity index (χ4v) is 2.88. The Hall–Kier alpha value is -2.85. The molecule has 0 saturated carbocycles. The van der Waals surface area contributed by atoms with E-state index < -0.39 is 5.97 Å². The summed E-state index contributed by atoms with van der Waals surface area (Å²) in [5.41, 5.74) is 3.47. The van der Waals surface area contributed by atoms with Gasteiger partial charge in [0, 0.05) is 11.4 Å². The Morgan fingerprint density at radius 2 is 1.70 bits per heavy atom. The Morgan fingerprint density at radius 3 is 2.37 bits per heavy atom. The average Bonchev–Trinajstić information content (AvgIpc) is 2.66. The molecule has 0 aliphatic heterocycles. The number of benzene rings is 3. The molecule has 0 aliphatic rings. The SMILES string of the molecule is O=C(O)CCc1ccc(OCc2cc(F)ccc2-c2ccc(Cl)cc2)cc1. The molecule has 3 aromatic carbocycles. The minimum Gasteiger partial charge on any atom is -0.489 e. The monoisotopic (exact) mass is 384 g/mol. The summed E-state index contributed by atoms with van der Waals surface area (Å²) in [4.78, 5) is 10.6. The lowest BCUT2D eigenvalue weighted by Crippen LogP contribution is -2.00. The molecule has 27 heavy (non-hydrogen) atoms. The minimum atomic E-state index is -0.823. The van der Waals surface area contributed by atoms with Crippen LogP contribution in [0.4, 0.5) is 4.39 Å². The molecule has 0 spiro atoms. The summed E-state index contributed by atoms with van der Waals surface area (Å²) in [6, 6.07) is 19.2. The molecular formula is C22H18ClFO3. The molecule has 0 atom stereocenters. The molecule has 3 nitrogen and oxygen atoms in total. The maximum Gasteiger partial charge on any atom is 0.303 e. The second kappa shape index (κ2) is 8.69. The van der Waals surface area contributed by atoms with E-state index in [2.05, 4.69) is 0 Å². The Balaban J connectivity index is 1.73. The summed E-state index contributed by atoms with van der Waals surface area (Å²) in [5.74, 6) is -0.508. The van der Waals surface area contributed by atoms with Gasteiger partial charge in [-0.3, -0.25) is 4.79 Å². The van der Waals surface area contributed by atoms with Crippen molar-refractivity contribution in [1.29, 1.82) is 0 Å². The number of aryl methyl sites for hydroxylation is 1. The van der Waals surface area contributed by atoms with Crippen molar-refractivity contribution in [2.45, 2.75) is 19.4 Å². The van der Waals surface area contributed by atoms with Crippen LogP contribution in [0, 0.1) is 5.82 Å². The van der Waals surface area contributed by atoms with Crippen LogP contribution in [0.3, 0.4) is 0 Å². The number of aliphatic carboxylic acids is 1. The van der Waals surface area contributed by atoms with Gasteiger partial charge < -0.3 is 9.84 Å². The molecule has 0 unspecified atom stereocenters. The Kier molecular flexibility index (Phi) is 6.09. The van der Waals surface area contributed by atoms with Crippen molar-refractivity contribution >= 4 is 17.6 Å². The van der Waals surface area contributed by atoms with Crippen LogP contribution in [0.5, 0.6) is 5.75 Å². The van der Waals surface area contributed by atoms with Gasteiger partial charge in [0.1, 0.15) is 18.2 Å². The number of hydrogen-bond acceptors (Lipinski definition) is 2. The Bertz CT molecular complexity index is 921. The first-order valence-corrected chi connectivity index (χ1v) is 8.87. The van der Waals surface area contributed by atoms with Crippen molar-refractivity contribution in [2.24, 2.45) is 0 Å². The maximum atomic E-state index is 13.7. The predicted octanol–water partition coefficient (Wildman–Crippen LogP) is 5.74. The predicted molar refractivity (Wildman–Crippen MR) is 104 cm³/mol. The largest absolute Gasteiger partial charge is 0.489 e. The van der Waals surface area contributed by atoms with E-state index >= 15 is 0 Å². The number of carbonyl (C=O) groups is 1. The van der Waals surface area contributed by atoms with E-state index in [1.165, 1.54) is 12.1 Å². The van der Waals surface area contributed by atoms with Crippen LogP contribution in [0.25, 0.3) is 11.1 Å². The van der Waals surface area contributed by atoms with E-state index in [4.69, 9.17) is 21.4 Å². The van der Waals surface area contributed by atoms with E-state index in [0.29, 0.717) is 17.2 Å². The van der Waals surface area contributed by atoms with Crippen molar-refractivity contribution in [3.63, 3.8) is 0 Å². The third-order valence-electron chi connectivity index (χ3n) is 4.17. The summed E-state index contributed by atoms with van der Waals surface area (Å²) in [6.07, 6.45) is 0.564. The average molecular weight is 385 g/mol. The third kappa shape index (κ3) is 5.31. The summed E-state index contributed by atoms with van der Waals surface area (Å²) < 4.78 is 19.5. The van der Waals surface area contributed by atoms with Gasteiger partial charge in [0.15, 0.2) is 0 Å². The van der Waals surface area contributed by atoms with E-state index in [9.17, 15) is 9.18 Å². The molecule has 0 aromatic heterocycles. The standard InChI is InChI=1S/C22H18ClFO3/c23-18-6-4-16(5-7-18)21-11-8-19(24)13-17(21)14-27-20-9-1-15(2-10-20)3-12-22(25)26/h1-2,4-11,13H,3,12,14H2,(H,25,26). The van der Waals surface area contributed by atoms with Crippen molar-refractivity contribution in [1.82, 2.24) is 0 Å². The van der Waals surface area contributed by atoms with E-state index in [0.717, 1.165) is 22.3 Å². The van der Waals surface area contributed by atoms with Gasteiger partial charge in [0.05, 0.1) is 0 Å². The summed E-state index contributed by atoms with van der Waals surface area (Å²) >= 11 is 5.94. The van der Waals surface area contributed by atoms with Crippen LogP contribution in [0.15, 0.2) is 66.7 Å². The van der Waals surface area contributed by atoms with Crippen molar-refractivity contribution in [3.05, 3.63) is 88.7 Å². The van der Waals surface area contributed by atoms with Crippen LogP contribution in [0.2, 0.25) is 5.02 Å². The topological polar surface area (TPSA) is 46.5 Å². The number of hydrogen-bond donors (Lipinski definition) is 1. The molecule has 5 heteroatoms. The van der Waals surface area contributed by atoms with Crippen LogP contribution in [0.1, 0.15) is 17.5 Å². The molecule has 0 bridgehead atoms. The van der Waals surface area contributed by atoms with Gasteiger partial charge in [-0.05, 0) is 65.1 Å². The lowest BCUT2D eigenvalue weighted by Gasteiger charge is -2.12. The number of ether oxygens (including phenoxy) is 1. The van der Waals surface area contributed by atoms with Gasteiger partial charge in [0.25, 0.3) is 0 Å². The first-order valence-electron chi connectivity index (χ1n) is 8.49. The zero-order valence-electron chi connectivity index (χ0n) is 14.5. The van der Waals surface area contributed by atoms with Gasteiger partial charge in [-0.25, -0.2) is 4.39 Å². The van der Waals surface area contributed by atoms with Crippen LogP contribution in [-0.4, -0.2) is 11.1 Å². The number of carboxylic acids is 1. The number of halogens is 2. The normalized spacial score (nSPS) is 10.6. The molecule has 138 valence electrons. The highest BCUT2D eigenvalue weighted by atomic mass is 35.5. The molecule has 0 radical (unpaired) electrons. The first kappa shape index (κ1) is 18.9. The second-order valence-electron chi connectivity index (χ2n) is 6.13. The first-order chi connectivity index (χ1) is 13.0. The van der Waals surface area contributed by atoms with Crippen molar-refractivity contribution in [3.8, 4) is 16.9 Å². The molecule has 1 N–H and O–H groups in total. The molecule has 3 aromatic rings. The van der Waals surface area contributed by atoms with E-state index in [1.807, 2.05) is 24.3 Å². The molecule has 0 saturated heterocycles. The molecule has 0 fully saturated rings. The van der Waals surface area contributed by atoms with E-state index in [1.54, 1.807) is 30.3 Å². The molecule has 0 aliphatic carbocycles. The molecular weight excluding hydrogens is 367 g/mol. The highest BCUT2D eigenvalue weighted by Crippen LogP contribution is 2.27. The molecule has 0 amide bonds. The van der Waals surface area contributed by atoms with Gasteiger partial charge in [-0.1, -0.05) is 41.9 Å². The summed E-state index contributed by atoms with van der Waals surface area (Å²) in [7, 11) is 0. The highest BCUT2D eigenvalue weighted by Gasteiger charge is 2.08. The lowest BCUT2D eigenvalue weighted by atomic mass is 10.00. The fourth-order valence-electron chi connectivity index (χ4n) is 2.76. The van der Waals surface area contributed by atoms with Crippen LogP contribution >= 0.6 is 11.6 Å². The van der Waals surface area contributed by atoms with Gasteiger partial charge in [0.2, 0.25) is 0 Å². The number of rotatable bonds is 7. The van der Waals surface area contributed by atoms with Gasteiger partial charge >= 0.3 is 5.97 Å². The summed E-state index contributed by atoms with van der Waals surface area (Å²) in [6.45, 7) is 0.212. The second-order valence-corrected chi connectivity index (χ2v) is 6.57. The number of carboxylic acid groups (broad SMARTS) is 1. The zero-order valence-corrected chi connectivity index (χ0v) is 15.2. The van der Waals surface area contributed by atoms with Crippen molar-refractivity contribution < 1.29 is 19.0 Å². The molecule has 0 heterocycles. The van der Waals surface area contributed by atoms with Crippen LogP contribution in [-0.2, 0) is 17.8 Å². The third-order valence-corrected chi connectivity index (χ3v) is 4.42. The van der Waals surface area contributed by atoms with Crippen molar-refractivity contribution in [2.75, 3.05) is 0 Å². The summed E-state index contributed by atoms with van der Waals surface area (Å²) in [5, 5.41) is 9.37. The minimum absolute atomic E-state index is 0.0912. The van der Waals surface area contributed by atoms with E-state index in [-0.39, 0.29) is 18.8 Å². The highest BCUT2D eigenvalue weighted by molar-refractivity contribution is 6.30. The zero-order chi connectivity index (χ0) is 19.2. The lowest BCUT2D eigenvalue weighted by molar-refractivity contribution is -0.136. The van der Waals surface area contributed by atoms with Gasteiger partial charge in [-0.2, -0.15) is 0 Å². The Labute approximate surface area is 162 Å². The quantitative estimate of drug-likeness (QED) is 0.564. The smallest absolute Gasteiger partial charge is 0.303 e. The van der Waals surface area contributed by atoms with Gasteiger partial charge in [-0.15, -0.1) is 0 Å².